The van der Waals surface area contributed by atoms with Gasteiger partial charge < -0.3 is 9.47 Å². The minimum atomic E-state index is -0.500. The van der Waals surface area contributed by atoms with Gasteiger partial charge in [-0.05, 0) is 82.4 Å². The molecule has 0 N–H and O–H groups in total. The zero-order chi connectivity index (χ0) is 38.2. The van der Waals surface area contributed by atoms with E-state index in [1.165, 1.54) is 81.0 Å². The van der Waals surface area contributed by atoms with E-state index >= 15 is 0 Å². The molecule has 12 rings (SSSR count). The minimum Gasteiger partial charge on any atom is -0.309 e. The molecule has 0 saturated carbocycles. The molecule has 0 spiro atoms. The molecule has 0 unspecified atom stereocenters. The molecule has 0 atom stereocenters. The number of fused-ring (bicyclic) bond motifs is 9. The van der Waals surface area contributed by atoms with Gasteiger partial charge in [-0.3, -0.25) is 0 Å². The first kappa shape index (κ1) is 33.0. The zero-order valence-corrected chi connectivity index (χ0v) is 32.4. The number of benzene rings is 9. The van der Waals surface area contributed by atoms with Crippen LogP contribution < -0.4 is 4.90 Å². The molecule has 1 aliphatic carbocycles. The normalized spacial score (nSPS) is 13.0. The van der Waals surface area contributed by atoms with E-state index < -0.39 is 5.41 Å². The molecule has 58 heavy (non-hydrogen) atoms. The predicted octanol–water partition coefficient (Wildman–Crippen LogP) is 15.0. The Hall–Kier alpha value is -7.20. The molecule has 11 aromatic rings. The fraction of sp³-hybridized carbons (Fsp3) is 0.0182. The third kappa shape index (κ3) is 4.65. The first-order valence-corrected chi connectivity index (χ1v) is 20.8. The first-order valence-electron chi connectivity index (χ1n) is 19.9. The predicted molar refractivity (Wildman–Crippen MR) is 246 cm³/mol. The van der Waals surface area contributed by atoms with Crippen molar-refractivity contribution in [2.75, 3.05) is 4.90 Å². The van der Waals surface area contributed by atoms with Gasteiger partial charge in [0.05, 0.1) is 32.5 Å². The van der Waals surface area contributed by atoms with Crippen molar-refractivity contribution < 1.29 is 0 Å². The average molecular weight is 757 g/mol. The molecule has 0 radical (unpaired) electrons. The lowest BCUT2D eigenvalue weighted by Gasteiger charge is -2.34. The Kier molecular flexibility index (Phi) is 7.35. The quantitative estimate of drug-likeness (QED) is 0.164. The number of aromatic nitrogens is 1. The third-order valence-electron chi connectivity index (χ3n) is 12.3. The van der Waals surface area contributed by atoms with Gasteiger partial charge in [0.1, 0.15) is 0 Å². The second kappa shape index (κ2) is 12.9. The standard InChI is InChI=1S/C55H36N2S/c1-3-17-37(18-4-1)55(38-19-5-2-6-20-38)46-26-11-7-24-45(46)53-47(55)27-16-30-50(53)57(51-31-15-25-44-43-23-10-14-32-52(43)58-54(44)51)40-35-33-39(34-36-40)56-48-28-12-8-21-41(48)42-22-9-13-29-49(42)56/h1-36H. The molecular formula is C55H36N2S. The van der Waals surface area contributed by atoms with Crippen molar-refractivity contribution >= 4 is 70.4 Å². The second-order valence-corrected chi connectivity index (χ2v) is 16.3. The van der Waals surface area contributed by atoms with Crippen LogP contribution in [0.15, 0.2) is 218 Å². The number of para-hydroxylation sites is 2. The van der Waals surface area contributed by atoms with Gasteiger partial charge in [0.25, 0.3) is 0 Å². The molecule has 3 heteroatoms. The molecule has 2 aromatic heterocycles. The number of nitrogens with zero attached hydrogens (tertiary/aromatic N) is 2. The van der Waals surface area contributed by atoms with E-state index in [0.29, 0.717) is 0 Å². The van der Waals surface area contributed by atoms with Crippen molar-refractivity contribution in [3.05, 3.63) is 241 Å². The highest BCUT2D eigenvalue weighted by Crippen LogP contribution is 2.60. The first-order chi connectivity index (χ1) is 28.8. The summed E-state index contributed by atoms with van der Waals surface area (Å²) in [6.45, 7) is 0. The Morgan fingerprint density at radius 1 is 0.397 bits per heavy atom. The Labute approximate surface area is 341 Å². The van der Waals surface area contributed by atoms with Gasteiger partial charge in [-0.25, -0.2) is 0 Å². The maximum absolute atomic E-state index is 2.52. The van der Waals surface area contributed by atoms with Crippen molar-refractivity contribution in [2.24, 2.45) is 0 Å². The molecule has 0 saturated heterocycles. The maximum Gasteiger partial charge on any atom is 0.0714 e. The summed E-state index contributed by atoms with van der Waals surface area (Å²) >= 11 is 1.88. The van der Waals surface area contributed by atoms with Crippen LogP contribution >= 0.6 is 11.3 Å². The van der Waals surface area contributed by atoms with Crippen molar-refractivity contribution in [2.45, 2.75) is 5.41 Å². The lowest BCUT2D eigenvalue weighted by atomic mass is 9.68. The largest absolute Gasteiger partial charge is 0.309 e. The van der Waals surface area contributed by atoms with Crippen LogP contribution in [-0.2, 0) is 5.41 Å². The van der Waals surface area contributed by atoms with Gasteiger partial charge in [-0.15, -0.1) is 11.3 Å². The zero-order valence-electron chi connectivity index (χ0n) is 31.6. The summed E-state index contributed by atoms with van der Waals surface area (Å²) in [5.41, 5.74) is 14.1. The van der Waals surface area contributed by atoms with Gasteiger partial charge in [-0.2, -0.15) is 0 Å². The second-order valence-electron chi connectivity index (χ2n) is 15.2. The number of hydrogen-bond donors (Lipinski definition) is 0. The molecule has 0 fully saturated rings. The monoisotopic (exact) mass is 756 g/mol. The number of anilines is 3. The molecule has 0 aliphatic heterocycles. The van der Waals surface area contributed by atoms with Crippen LogP contribution in [0.2, 0.25) is 0 Å². The Balaban J connectivity index is 1.14. The van der Waals surface area contributed by atoms with Crippen LogP contribution in [0.5, 0.6) is 0 Å². The summed E-state index contributed by atoms with van der Waals surface area (Å²) in [7, 11) is 0. The van der Waals surface area contributed by atoms with E-state index in [1.807, 2.05) is 11.3 Å². The van der Waals surface area contributed by atoms with E-state index in [2.05, 4.69) is 228 Å². The maximum atomic E-state index is 2.52. The van der Waals surface area contributed by atoms with E-state index in [1.54, 1.807) is 0 Å². The molecule has 9 aromatic carbocycles. The topological polar surface area (TPSA) is 8.17 Å². The van der Waals surface area contributed by atoms with Crippen LogP contribution in [0.4, 0.5) is 17.1 Å². The van der Waals surface area contributed by atoms with Gasteiger partial charge in [0.15, 0.2) is 0 Å². The highest BCUT2D eigenvalue weighted by Gasteiger charge is 2.47. The summed E-state index contributed by atoms with van der Waals surface area (Å²) in [4.78, 5) is 2.52. The van der Waals surface area contributed by atoms with Gasteiger partial charge in [0, 0.05) is 43.2 Å². The molecule has 2 heterocycles. The summed E-state index contributed by atoms with van der Waals surface area (Å²) in [6, 6.07) is 80.5. The lowest BCUT2D eigenvalue weighted by Crippen LogP contribution is -2.28. The third-order valence-corrected chi connectivity index (χ3v) is 13.5. The SMILES string of the molecule is c1ccc(C2(c3ccccc3)c3ccccc3-c3c(N(c4ccc(-n5c6ccccc6c6ccccc65)cc4)c4cccc5c4sc4ccccc45)cccc32)cc1. The number of hydrogen-bond acceptors (Lipinski definition) is 2. The van der Waals surface area contributed by atoms with E-state index in [0.717, 1.165) is 17.1 Å². The van der Waals surface area contributed by atoms with Crippen molar-refractivity contribution in [3.8, 4) is 16.8 Å². The van der Waals surface area contributed by atoms with Gasteiger partial charge >= 0.3 is 0 Å². The summed E-state index contributed by atoms with van der Waals surface area (Å²) in [5, 5.41) is 5.10. The molecule has 272 valence electrons. The molecule has 0 bridgehead atoms. The van der Waals surface area contributed by atoms with Crippen molar-refractivity contribution in [1.29, 1.82) is 0 Å². The Bertz CT molecular complexity index is 3250. The molecule has 2 nitrogen and oxygen atoms in total. The molecule has 0 amide bonds. The van der Waals surface area contributed by atoms with E-state index in [-0.39, 0.29) is 0 Å². The summed E-state index contributed by atoms with van der Waals surface area (Å²) in [5.74, 6) is 0. The fourth-order valence-electron chi connectivity index (χ4n) is 9.93. The molecular weight excluding hydrogens is 721 g/mol. The molecule has 1 aliphatic rings. The van der Waals surface area contributed by atoms with Crippen LogP contribution in [-0.4, -0.2) is 4.57 Å². The average Bonchev–Trinajstić information content (AvgIpc) is 3.95. The Morgan fingerprint density at radius 2 is 0.931 bits per heavy atom. The smallest absolute Gasteiger partial charge is 0.0714 e. The Morgan fingerprint density at radius 3 is 1.64 bits per heavy atom. The summed E-state index contributed by atoms with van der Waals surface area (Å²) in [6.07, 6.45) is 0. The van der Waals surface area contributed by atoms with Crippen LogP contribution in [0.3, 0.4) is 0 Å². The van der Waals surface area contributed by atoms with Gasteiger partial charge in [0.2, 0.25) is 0 Å². The van der Waals surface area contributed by atoms with Crippen LogP contribution in [0.1, 0.15) is 22.3 Å². The van der Waals surface area contributed by atoms with E-state index in [9.17, 15) is 0 Å². The fourth-order valence-corrected chi connectivity index (χ4v) is 11.1. The lowest BCUT2D eigenvalue weighted by molar-refractivity contribution is 0.768. The van der Waals surface area contributed by atoms with Crippen molar-refractivity contribution in [1.82, 2.24) is 4.57 Å². The number of thiophene rings is 1. The number of rotatable bonds is 6. The minimum absolute atomic E-state index is 0.500. The van der Waals surface area contributed by atoms with Crippen molar-refractivity contribution in [3.63, 3.8) is 0 Å². The van der Waals surface area contributed by atoms with E-state index in [4.69, 9.17) is 0 Å². The summed E-state index contributed by atoms with van der Waals surface area (Å²) < 4.78 is 4.97. The van der Waals surface area contributed by atoms with Crippen LogP contribution in [0.25, 0.3) is 58.8 Å². The highest BCUT2D eigenvalue weighted by molar-refractivity contribution is 7.26. The van der Waals surface area contributed by atoms with Gasteiger partial charge in [-0.1, -0.05) is 164 Å². The van der Waals surface area contributed by atoms with Crippen LogP contribution in [0, 0.1) is 0 Å². The highest BCUT2D eigenvalue weighted by atomic mass is 32.1.